The van der Waals surface area contributed by atoms with E-state index in [0.717, 1.165) is 31.4 Å². The molecule has 0 saturated carbocycles. The molecule has 0 spiro atoms. The lowest BCUT2D eigenvalue weighted by atomic mass is 10.0. The number of hydrogen-bond donors (Lipinski definition) is 0. The number of rotatable bonds is 4. The van der Waals surface area contributed by atoms with Crippen LogP contribution in [0.25, 0.3) is 4.96 Å². The third-order valence-corrected chi connectivity index (χ3v) is 5.39. The summed E-state index contributed by atoms with van der Waals surface area (Å²) in [6, 6.07) is 7.34. The summed E-state index contributed by atoms with van der Waals surface area (Å²) in [7, 11) is 0. The first-order valence-electron chi connectivity index (χ1n) is 8.02. The monoisotopic (exact) mass is 357 g/mol. The molecule has 25 heavy (non-hydrogen) atoms. The van der Waals surface area contributed by atoms with Crippen molar-refractivity contribution < 1.29 is 9.66 Å². The summed E-state index contributed by atoms with van der Waals surface area (Å²) >= 11 is 1.58. The number of aryl methyl sites for hydroxylation is 2. The van der Waals surface area contributed by atoms with Gasteiger partial charge >= 0.3 is 0 Å². The number of aromatic nitrogens is 2. The molecule has 4 rings (SSSR count). The zero-order valence-electron chi connectivity index (χ0n) is 13.3. The van der Waals surface area contributed by atoms with Gasteiger partial charge in [-0.3, -0.25) is 19.3 Å². The average molecular weight is 357 g/mol. The van der Waals surface area contributed by atoms with Gasteiger partial charge in [0.05, 0.1) is 10.6 Å². The Morgan fingerprint density at radius 2 is 2.00 bits per heavy atom. The van der Waals surface area contributed by atoms with Crippen molar-refractivity contribution in [1.29, 1.82) is 0 Å². The molecule has 0 atom stereocenters. The third kappa shape index (κ3) is 3.00. The van der Waals surface area contributed by atoms with Crippen molar-refractivity contribution in [3.8, 4) is 5.75 Å². The van der Waals surface area contributed by atoms with Crippen molar-refractivity contribution >= 4 is 22.0 Å². The van der Waals surface area contributed by atoms with Crippen molar-refractivity contribution in [2.24, 2.45) is 0 Å². The maximum Gasteiger partial charge on any atom is 0.269 e. The van der Waals surface area contributed by atoms with E-state index in [1.54, 1.807) is 15.7 Å². The zero-order chi connectivity index (χ0) is 17.4. The summed E-state index contributed by atoms with van der Waals surface area (Å²) in [5.74, 6) is 0.498. The number of nitro benzene ring substituents is 1. The van der Waals surface area contributed by atoms with Crippen LogP contribution in [0.5, 0.6) is 5.75 Å². The smallest absolute Gasteiger partial charge is 0.269 e. The van der Waals surface area contributed by atoms with Gasteiger partial charge in [-0.2, -0.15) is 0 Å². The van der Waals surface area contributed by atoms with Gasteiger partial charge in [-0.1, -0.05) is 0 Å². The minimum atomic E-state index is -0.460. The van der Waals surface area contributed by atoms with E-state index >= 15 is 0 Å². The first kappa shape index (κ1) is 15.8. The summed E-state index contributed by atoms with van der Waals surface area (Å²) in [6.07, 6.45) is 4.20. The van der Waals surface area contributed by atoms with E-state index < -0.39 is 4.92 Å². The highest BCUT2D eigenvalue weighted by Crippen LogP contribution is 2.28. The summed E-state index contributed by atoms with van der Waals surface area (Å²) < 4.78 is 7.32. The number of non-ortho nitro benzene ring substituents is 1. The van der Waals surface area contributed by atoms with E-state index in [-0.39, 0.29) is 17.9 Å². The molecule has 0 aliphatic heterocycles. The van der Waals surface area contributed by atoms with Gasteiger partial charge < -0.3 is 4.74 Å². The van der Waals surface area contributed by atoms with Crippen LogP contribution < -0.4 is 10.3 Å². The van der Waals surface area contributed by atoms with Crippen LogP contribution in [0.15, 0.2) is 35.1 Å². The van der Waals surface area contributed by atoms with Crippen LogP contribution in [-0.2, 0) is 19.4 Å². The van der Waals surface area contributed by atoms with Crippen LogP contribution in [0, 0.1) is 10.1 Å². The topological polar surface area (TPSA) is 86.7 Å². The van der Waals surface area contributed by atoms with Crippen molar-refractivity contribution in [1.82, 2.24) is 9.38 Å². The Morgan fingerprint density at radius 1 is 1.24 bits per heavy atom. The molecule has 0 bridgehead atoms. The molecule has 128 valence electrons. The lowest BCUT2D eigenvalue weighted by Gasteiger charge is -2.10. The van der Waals surface area contributed by atoms with E-state index in [2.05, 4.69) is 4.98 Å². The number of fused-ring (bicyclic) bond motifs is 3. The second kappa shape index (κ2) is 6.29. The highest BCUT2D eigenvalue weighted by Gasteiger charge is 2.18. The van der Waals surface area contributed by atoms with E-state index in [1.165, 1.54) is 35.2 Å². The zero-order valence-corrected chi connectivity index (χ0v) is 14.1. The number of ether oxygens (including phenoxy) is 1. The summed E-state index contributed by atoms with van der Waals surface area (Å²) in [6.45, 7) is 0.145. The quantitative estimate of drug-likeness (QED) is 0.529. The molecule has 2 aromatic heterocycles. The van der Waals surface area contributed by atoms with Gasteiger partial charge in [0, 0.05) is 28.8 Å². The molecule has 0 unspecified atom stereocenters. The third-order valence-electron chi connectivity index (χ3n) is 4.25. The molecule has 1 aromatic carbocycles. The lowest BCUT2D eigenvalue weighted by Crippen LogP contribution is -2.18. The highest BCUT2D eigenvalue weighted by molar-refractivity contribution is 7.17. The highest BCUT2D eigenvalue weighted by atomic mass is 32.1. The second-order valence-electron chi connectivity index (χ2n) is 5.92. The number of thiazole rings is 1. The van der Waals surface area contributed by atoms with E-state index in [0.29, 0.717) is 16.4 Å². The Morgan fingerprint density at radius 3 is 2.76 bits per heavy atom. The first-order valence-corrected chi connectivity index (χ1v) is 8.84. The Hall–Kier alpha value is -2.74. The van der Waals surface area contributed by atoms with Crippen molar-refractivity contribution in [3.63, 3.8) is 0 Å². The van der Waals surface area contributed by atoms with Crippen LogP contribution >= 0.6 is 11.3 Å². The Kier molecular flexibility index (Phi) is 3.96. The SMILES string of the molecule is O=c1cc(COc2ccc([N+](=O)[O-])cc2)nc2sc3c(n12)CCCC3. The summed E-state index contributed by atoms with van der Waals surface area (Å²) in [5, 5.41) is 10.7. The molecule has 3 aromatic rings. The first-order chi connectivity index (χ1) is 12.1. The van der Waals surface area contributed by atoms with E-state index in [1.807, 2.05) is 0 Å². The van der Waals surface area contributed by atoms with Crippen molar-refractivity contribution in [2.75, 3.05) is 0 Å². The molecule has 8 heteroatoms. The summed E-state index contributed by atoms with van der Waals surface area (Å²) in [5.41, 5.74) is 1.59. The van der Waals surface area contributed by atoms with Gasteiger partial charge in [0.1, 0.15) is 12.4 Å². The Balaban J connectivity index is 1.57. The van der Waals surface area contributed by atoms with Crippen LogP contribution in [0.2, 0.25) is 0 Å². The molecule has 2 heterocycles. The van der Waals surface area contributed by atoms with Gasteiger partial charge in [-0.05, 0) is 37.8 Å². The van der Waals surface area contributed by atoms with E-state index in [9.17, 15) is 14.9 Å². The molecule has 0 N–H and O–H groups in total. The number of nitro groups is 1. The predicted octanol–water partition coefficient (Wildman–Crippen LogP) is 3.12. The maximum atomic E-state index is 12.5. The minimum absolute atomic E-state index is 0.00862. The molecular weight excluding hydrogens is 342 g/mol. The van der Waals surface area contributed by atoms with E-state index in [4.69, 9.17) is 4.74 Å². The van der Waals surface area contributed by atoms with Gasteiger partial charge in [0.25, 0.3) is 11.2 Å². The van der Waals surface area contributed by atoms with Crippen molar-refractivity contribution in [2.45, 2.75) is 32.3 Å². The fraction of sp³-hybridized carbons (Fsp3) is 0.294. The fourth-order valence-corrected chi connectivity index (χ4v) is 4.27. The molecule has 1 aliphatic carbocycles. The van der Waals surface area contributed by atoms with Crippen molar-refractivity contribution in [3.05, 3.63) is 67.1 Å². The molecule has 0 fully saturated rings. The van der Waals surface area contributed by atoms with Crippen LogP contribution in [-0.4, -0.2) is 14.3 Å². The van der Waals surface area contributed by atoms with Crippen LogP contribution in [0.3, 0.4) is 0 Å². The molecule has 7 nitrogen and oxygen atoms in total. The average Bonchev–Trinajstić information content (AvgIpc) is 2.99. The number of benzene rings is 1. The maximum absolute atomic E-state index is 12.5. The molecular formula is C17H15N3O4S. The molecule has 1 aliphatic rings. The predicted molar refractivity (Wildman–Crippen MR) is 93.4 cm³/mol. The molecule has 0 saturated heterocycles. The van der Waals surface area contributed by atoms with Crippen LogP contribution in [0.1, 0.15) is 29.1 Å². The van der Waals surface area contributed by atoms with Gasteiger partial charge in [-0.15, -0.1) is 11.3 Å². The summed E-state index contributed by atoms with van der Waals surface area (Å²) in [4.78, 5) is 29.2. The van der Waals surface area contributed by atoms with Gasteiger partial charge in [0.2, 0.25) is 0 Å². The lowest BCUT2D eigenvalue weighted by molar-refractivity contribution is -0.384. The largest absolute Gasteiger partial charge is 0.487 e. The standard InChI is InChI=1S/C17H15N3O4S/c21-16-9-11(10-24-13-7-5-12(6-8-13)20(22)23)18-17-19(16)14-3-1-2-4-15(14)25-17/h5-9H,1-4,10H2. The Bertz CT molecular complexity index is 1010. The van der Waals surface area contributed by atoms with Crippen LogP contribution in [0.4, 0.5) is 5.69 Å². The normalized spacial score (nSPS) is 13.6. The van der Waals surface area contributed by atoms with Gasteiger partial charge in [0.15, 0.2) is 4.96 Å². The molecule has 0 radical (unpaired) electrons. The second-order valence-corrected chi connectivity index (χ2v) is 6.98. The minimum Gasteiger partial charge on any atom is -0.487 e. The van der Waals surface area contributed by atoms with Gasteiger partial charge in [-0.25, -0.2) is 4.98 Å². The fourth-order valence-electron chi connectivity index (χ4n) is 3.04. The number of hydrogen-bond acceptors (Lipinski definition) is 6. The molecule has 0 amide bonds. The number of nitrogens with zero attached hydrogens (tertiary/aromatic N) is 3. The Labute approximate surface area is 146 Å².